The van der Waals surface area contributed by atoms with Crippen LogP contribution in [0.4, 0.5) is 0 Å². The summed E-state index contributed by atoms with van der Waals surface area (Å²) < 4.78 is 5.66. The normalized spacial score (nSPS) is 15.4. The molecule has 0 radical (unpaired) electrons. The Morgan fingerprint density at radius 3 is 2.68 bits per heavy atom. The van der Waals surface area contributed by atoms with Crippen molar-refractivity contribution in [3.05, 3.63) is 29.3 Å². The zero-order valence-electron chi connectivity index (χ0n) is 11.5. The van der Waals surface area contributed by atoms with Crippen LogP contribution in [0.3, 0.4) is 0 Å². The van der Waals surface area contributed by atoms with E-state index < -0.39 is 0 Å². The molecule has 3 unspecified atom stereocenters. The Morgan fingerprint density at radius 1 is 1.42 bits per heavy atom. The Kier molecular flexibility index (Phi) is 6.12. The van der Waals surface area contributed by atoms with Crippen molar-refractivity contribution < 1.29 is 9.53 Å². The van der Waals surface area contributed by atoms with Crippen LogP contribution in [0, 0.1) is 5.92 Å². The molecule has 0 bridgehead atoms. The predicted octanol–water partition coefficient (Wildman–Crippen LogP) is 2.21. The molecule has 3 atom stereocenters. The molecule has 19 heavy (non-hydrogen) atoms. The van der Waals surface area contributed by atoms with Crippen LogP contribution >= 0.6 is 11.6 Å². The molecule has 1 aromatic carbocycles. The molecule has 0 aromatic heterocycles. The van der Waals surface area contributed by atoms with Crippen molar-refractivity contribution >= 4 is 17.5 Å². The Balaban J connectivity index is 2.40. The van der Waals surface area contributed by atoms with Crippen LogP contribution in [-0.2, 0) is 4.79 Å². The van der Waals surface area contributed by atoms with Crippen LogP contribution in [0.25, 0.3) is 0 Å². The molecule has 1 amide bonds. The molecule has 0 aliphatic rings. The third-order valence-corrected chi connectivity index (χ3v) is 3.13. The summed E-state index contributed by atoms with van der Waals surface area (Å²) in [5.41, 5.74) is 5.68. The molecule has 5 heteroatoms. The van der Waals surface area contributed by atoms with Crippen molar-refractivity contribution in [3.8, 4) is 5.75 Å². The van der Waals surface area contributed by atoms with Crippen LogP contribution in [0.15, 0.2) is 24.3 Å². The quantitative estimate of drug-likeness (QED) is 0.842. The molecule has 0 saturated heterocycles. The van der Waals surface area contributed by atoms with E-state index in [1.807, 2.05) is 32.9 Å². The maximum absolute atomic E-state index is 11.7. The van der Waals surface area contributed by atoms with E-state index in [0.717, 1.165) is 0 Å². The Morgan fingerprint density at radius 2 is 2.11 bits per heavy atom. The van der Waals surface area contributed by atoms with Gasteiger partial charge < -0.3 is 15.8 Å². The van der Waals surface area contributed by atoms with Gasteiger partial charge >= 0.3 is 0 Å². The number of benzene rings is 1. The van der Waals surface area contributed by atoms with Crippen molar-refractivity contribution in [2.75, 3.05) is 6.54 Å². The second-order valence-electron chi connectivity index (χ2n) is 4.78. The van der Waals surface area contributed by atoms with Gasteiger partial charge in [0.05, 0.1) is 6.54 Å². The number of carbonyl (C=O) groups is 1. The zero-order chi connectivity index (χ0) is 14.4. The van der Waals surface area contributed by atoms with Crippen molar-refractivity contribution in [2.45, 2.75) is 32.9 Å². The molecule has 4 nitrogen and oxygen atoms in total. The summed E-state index contributed by atoms with van der Waals surface area (Å²) in [6.07, 6.45) is -0.136. The minimum absolute atomic E-state index is 0.0588. The molecular weight excluding hydrogens is 264 g/mol. The largest absolute Gasteiger partial charge is 0.489 e. The van der Waals surface area contributed by atoms with E-state index in [9.17, 15) is 4.79 Å². The minimum atomic E-state index is -0.210. The van der Waals surface area contributed by atoms with Crippen LogP contribution < -0.4 is 15.8 Å². The number of halogens is 1. The average Bonchev–Trinajstić information content (AvgIpc) is 2.34. The highest BCUT2D eigenvalue weighted by Crippen LogP contribution is 2.18. The molecule has 0 aliphatic heterocycles. The topological polar surface area (TPSA) is 64.4 Å². The van der Waals surface area contributed by atoms with E-state index in [0.29, 0.717) is 17.3 Å². The van der Waals surface area contributed by atoms with Crippen molar-refractivity contribution in [1.29, 1.82) is 0 Å². The fourth-order valence-electron chi connectivity index (χ4n) is 1.46. The van der Waals surface area contributed by atoms with E-state index in [4.69, 9.17) is 22.1 Å². The summed E-state index contributed by atoms with van der Waals surface area (Å²) >= 11 is 5.87. The molecule has 1 rings (SSSR count). The Bertz CT molecular complexity index is 424. The van der Waals surface area contributed by atoms with Gasteiger partial charge in [-0.1, -0.05) is 24.6 Å². The number of ether oxygens (including phenoxy) is 1. The second kappa shape index (κ2) is 7.36. The summed E-state index contributed by atoms with van der Waals surface area (Å²) in [5, 5.41) is 3.45. The van der Waals surface area contributed by atoms with Crippen LogP contribution in [0.5, 0.6) is 5.75 Å². The summed E-state index contributed by atoms with van der Waals surface area (Å²) in [7, 11) is 0. The van der Waals surface area contributed by atoms with Crippen LogP contribution in [0.1, 0.15) is 20.8 Å². The summed E-state index contributed by atoms with van der Waals surface area (Å²) in [6.45, 7) is 5.94. The maximum Gasteiger partial charge on any atom is 0.224 e. The molecule has 3 N–H and O–H groups in total. The van der Waals surface area contributed by atoms with E-state index in [2.05, 4.69) is 5.32 Å². The SMILES string of the molecule is CC(CNC(=O)C(C)C(C)N)Oc1cccc(Cl)c1. The third-order valence-electron chi connectivity index (χ3n) is 2.90. The summed E-state index contributed by atoms with van der Waals surface area (Å²) in [5.74, 6) is 0.421. The molecule has 1 aromatic rings. The standard InChI is InChI=1S/C14H21ClN2O2/c1-9(8-17-14(18)10(2)11(3)16)19-13-6-4-5-12(15)7-13/h4-7,9-11H,8,16H2,1-3H3,(H,17,18). The fraction of sp³-hybridized carbons (Fsp3) is 0.500. The van der Waals surface area contributed by atoms with E-state index in [1.165, 1.54) is 0 Å². The van der Waals surface area contributed by atoms with Gasteiger partial charge in [-0.25, -0.2) is 0 Å². The minimum Gasteiger partial charge on any atom is -0.489 e. The molecule has 0 fully saturated rings. The summed E-state index contributed by atoms with van der Waals surface area (Å²) in [4.78, 5) is 11.7. The Labute approximate surface area is 119 Å². The molecular formula is C14H21ClN2O2. The molecule has 106 valence electrons. The first-order valence-corrected chi connectivity index (χ1v) is 6.73. The third kappa shape index (κ3) is 5.49. The van der Waals surface area contributed by atoms with Gasteiger partial charge in [0.15, 0.2) is 0 Å². The first kappa shape index (κ1) is 15.8. The number of amides is 1. The number of carbonyl (C=O) groups excluding carboxylic acids is 1. The number of hydrogen-bond donors (Lipinski definition) is 2. The number of rotatable bonds is 6. The first-order chi connectivity index (χ1) is 8.90. The number of nitrogens with one attached hydrogen (secondary N) is 1. The average molecular weight is 285 g/mol. The lowest BCUT2D eigenvalue weighted by Gasteiger charge is -2.19. The zero-order valence-corrected chi connectivity index (χ0v) is 12.3. The number of nitrogens with two attached hydrogens (primary N) is 1. The fourth-order valence-corrected chi connectivity index (χ4v) is 1.64. The predicted molar refractivity (Wildman–Crippen MR) is 77.4 cm³/mol. The van der Waals surface area contributed by atoms with Gasteiger partial charge in [-0.15, -0.1) is 0 Å². The van der Waals surface area contributed by atoms with Crippen molar-refractivity contribution in [3.63, 3.8) is 0 Å². The molecule has 0 aliphatic carbocycles. The van der Waals surface area contributed by atoms with Gasteiger partial charge in [-0.05, 0) is 32.0 Å². The van der Waals surface area contributed by atoms with E-state index >= 15 is 0 Å². The van der Waals surface area contributed by atoms with Gasteiger partial charge in [0.1, 0.15) is 11.9 Å². The van der Waals surface area contributed by atoms with Crippen molar-refractivity contribution in [2.24, 2.45) is 11.7 Å². The van der Waals surface area contributed by atoms with Gasteiger partial charge in [0.2, 0.25) is 5.91 Å². The van der Waals surface area contributed by atoms with Crippen molar-refractivity contribution in [1.82, 2.24) is 5.32 Å². The highest BCUT2D eigenvalue weighted by Gasteiger charge is 2.17. The van der Waals surface area contributed by atoms with Gasteiger partial charge in [-0.3, -0.25) is 4.79 Å². The smallest absolute Gasteiger partial charge is 0.224 e. The highest BCUT2D eigenvalue weighted by atomic mass is 35.5. The lowest BCUT2D eigenvalue weighted by molar-refractivity contribution is -0.125. The maximum atomic E-state index is 11.7. The van der Waals surface area contributed by atoms with Crippen LogP contribution in [0.2, 0.25) is 5.02 Å². The Hall–Kier alpha value is -1.26. The highest BCUT2D eigenvalue weighted by molar-refractivity contribution is 6.30. The number of hydrogen-bond acceptors (Lipinski definition) is 3. The molecule has 0 heterocycles. The van der Waals surface area contributed by atoms with Crippen LogP contribution in [-0.4, -0.2) is 24.6 Å². The van der Waals surface area contributed by atoms with E-state index in [-0.39, 0.29) is 24.0 Å². The lowest BCUT2D eigenvalue weighted by atomic mass is 10.0. The second-order valence-corrected chi connectivity index (χ2v) is 5.22. The summed E-state index contributed by atoms with van der Waals surface area (Å²) in [6, 6.07) is 7.01. The molecule has 0 spiro atoms. The van der Waals surface area contributed by atoms with Gasteiger partial charge in [0, 0.05) is 17.0 Å². The monoisotopic (exact) mass is 284 g/mol. The molecule has 0 saturated carbocycles. The first-order valence-electron chi connectivity index (χ1n) is 6.35. The van der Waals surface area contributed by atoms with Gasteiger partial charge in [-0.2, -0.15) is 0 Å². The van der Waals surface area contributed by atoms with E-state index in [1.54, 1.807) is 12.1 Å². The van der Waals surface area contributed by atoms with Gasteiger partial charge in [0.25, 0.3) is 0 Å². The lowest BCUT2D eigenvalue weighted by Crippen LogP contribution is -2.42.